The number of rotatable bonds is 5. The number of nitrogens with two attached hydrogens (primary N) is 1. The fourth-order valence-electron chi connectivity index (χ4n) is 4.45. The molecule has 2 heterocycles. The summed E-state index contributed by atoms with van der Waals surface area (Å²) in [6.07, 6.45) is 6.21. The van der Waals surface area contributed by atoms with Gasteiger partial charge in [0.15, 0.2) is 0 Å². The van der Waals surface area contributed by atoms with Gasteiger partial charge in [-0.15, -0.1) is 0 Å². The minimum absolute atomic E-state index is 0.0934. The van der Waals surface area contributed by atoms with Crippen LogP contribution in [0.4, 0.5) is 4.39 Å². The number of esters is 1. The van der Waals surface area contributed by atoms with Gasteiger partial charge in [0.1, 0.15) is 16.1 Å². The maximum Gasteiger partial charge on any atom is 0.317 e. The second-order valence-electron chi connectivity index (χ2n) is 7.91. The first-order chi connectivity index (χ1) is 15.8. The molecular formula is C22H24FN5O4S. The number of halogens is 1. The first kappa shape index (κ1) is 22.9. The van der Waals surface area contributed by atoms with Crippen LogP contribution in [0.3, 0.4) is 0 Å². The third kappa shape index (κ3) is 3.76. The number of fused-ring (bicyclic) bond motifs is 2. The van der Waals surface area contributed by atoms with Crippen LogP contribution < -0.4 is 5.73 Å². The van der Waals surface area contributed by atoms with E-state index in [-0.39, 0.29) is 30.2 Å². The smallest absolute Gasteiger partial charge is 0.317 e. The molecule has 1 aromatic heterocycles. The number of methoxy groups -OCH3 is 1. The molecule has 1 aliphatic carbocycles. The predicted octanol–water partition coefficient (Wildman–Crippen LogP) is 1.65. The standard InChI is InChI=1S/C22H24FN5O4S/c1-25-13-19(11-24)33(30,31)27-8-7-16-9-20-15(10-22(16,14-27)21(29)32-2)12-26-28(20)18-5-3-17(23)4-6-18/h3-6,9,11-13H,7-8,10,14,24H2,1-2H3/t22-/m0/s1. The minimum atomic E-state index is -3.96. The second kappa shape index (κ2) is 8.56. The molecule has 0 amide bonds. The van der Waals surface area contributed by atoms with Crippen molar-refractivity contribution >= 4 is 28.3 Å². The summed E-state index contributed by atoms with van der Waals surface area (Å²) in [5, 5.41) is 4.43. The zero-order chi connectivity index (χ0) is 23.8. The lowest BCUT2D eigenvalue weighted by molar-refractivity contribution is -0.151. The third-order valence-corrected chi connectivity index (χ3v) is 7.92. The minimum Gasteiger partial charge on any atom is -0.468 e. The van der Waals surface area contributed by atoms with E-state index in [4.69, 9.17) is 10.5 Å². The van der Waals surface area contributed by atoms with Gasteiger partial charge in [-0.3, -0.25) is 9.79 Å². The Morgan fingerprint density at radius 3 is 2.70 bits per heavy atom. The molecule has 9 nitrogen and oxygen atoms in total. The highest BCUT2D eigenvalue weighted by Crippen LogP contribution is 2.46. The first-order valence-corrected chi connectivity index (χ1v) is 11.7. The Kier molecular flexibility index (Phi) is 5.93. The lowest BCUT2D eigenvalue weighted by Gasteiger charge is -2.43. The van der Waals surface area contributed by atoms with Crippen molar-refractivity contribution in [3.05, 3.63) is 64.2 Å². The van der Waals surface area contributed by atoms with Gasteiger partial charge in [-0.1, -0.05) is 0 Å². The Morgan fingerprint density at radius 1 is 1.33 bits per heavy atom. The molecule has 2 aromatic rings. The summed E-state index contributed by atoms with van der Waals surface area (Å²) < 4.78 is 47.7. The van der Waals surface area contributed by atoms with Crippen LogP contribution in [0.15, 0.2) is 52.1 Å². The molecule has 2 aliphatic rings. The molecule has 2 N–H and O–H groups in total. The van der Waals surface area contributed by atoms with E-state index in [1.54, 1.807) is 23.0 Å². The zero-order valence-corrected chi connectivity index (χ0v) is 19.0. The van der Waals surface area contributed by atoms with Gasteiger partial charge >= 0.3 is 5.97 Å². The quantitative estimate of drug-likeness (QED) is 0.521. The van der Waals surface area contributed by atoms with E-state index >= 15 is 0 Å². The Hall–Kier alpha value is -3.31. The summed E-state index contributed by atoms with van der Waals surface area (Å²) in [5.41, 5.74) is 7.32. The molecule has 0 saturated carbocycles. The second-order valence-corrected chi connectivity index (χ2v) is 9.85. The maximum absolute atomic E-state index is 13.4. The van der Waals surface area contributed by atoms with Crippen LogP contribution in [0, 0.1) is 11.2 Å². The highest BCUT2D eigenvalue weighted by molar-refractivity contribution is 7.93. The Bertz CT molecular complexity index is 1280. The third-order valence-electron chi connectivity index (χ3n) is 6.09. The number of ether oxygens (including phenoxy) is 1. The van der Waals surface area contributed by atoms with Gasteiger partial charge in [0.2, 0.25) is 10.0 Å². The normalized spacial score (nSPS) is 21.4. The van der Waals surface area contributed by atoms with Crippen LogP contribution in [0.25, 0.3) is 11.8 Å². The van der Waals surface area contributed by atoms with Crippen molar-refractivity contribution < 1.29 is 22.3 Å². The van der Waals surface area contributed by atoms with Gasteiger partial charge in [0.05, 0.1) is 24.7 Å². The van der Waals surface area contributed by atoms with Crippen LogP contribution in [0.2, 0.25) is 0 Å². The molecule has 174 valence electrons. The average Bonchev–Trinajstić information content (AvgIpc) is 3.22. The van der Waals surface area contributed by atoms with Crippen LogP contribution in [-0.2, 0) is 26.0 Å². The number of aliphatic imine (C=N–C) groups is 1. The summed E-state index contributed by atoms with van der Waals surface area (Å²) in [4.78, 5) is 16.7. The SMILES string of the molecule is CN=CC(=CN)S(=O)(=O)N1CCC2=Cc3c(cnn3-c3ccc(F)cc3)C[C@]2(C(=O)OC)C1. The van der Waals surface area contributed by atoms with E-state index in [1.165, 1.54) is 36.8 Å². The molecule has 0 bridgehead atoms. The Balaban J connectivity index is 1.76. The van der Waals surface area contributed by atoms with Gasteiger partial charge in [-0.2, -0.15) is 9.40 Å². The Labute approximate surface area is 191 Å². The van der Waals surface area contributed by atoms with E-state index in [0.717, 1.165) is 23.0 Å². The topological polar surface area (TPSA) is 120 Å². The number of hydrogen-bond donors (Lipinski definition) is 1. The van der Waals surface area contributed by atoms with E-state index in [1.807, 2.05) is 6.08 Å². The maximum atomic E-state index is 13.4. The summed E-state index contributed by atoms with van der Waals surface area (Å²) in [7, 11) is -1.22. The molecule has 11 heteroatoms. The lowest BCUT2D eigenvalue weighted by Crippen LogP contribution is -2.53. The first-order valence-electron chi connectivity index (χ1n) is 10.2. The number of sulfonamides is 1. The van der Waals surface area contributed by atoms with Gasteiger partial charge in [0, 0.05) is 32.6 Å². The summed E-state index contributed by atoms with van der Waals surface area (Å²) in [6, 6.07) is 5.94. The van der Waals surface area contributed by atoms with E-state index < -0.39 is 21.4 Å². The van der Waals surface area contributed by atoms with E-state index in [2.05, 4.69) is 10.1 Å². The molecule has 1 aliphatic heterocycles. The molecule has 0 spiro atoms. The average molecular weight is 474 g/mol. The largest absolute Gasteiger partial charge is 0.468 e. The summed E-state index contributed by atoms with van der Waals surface area (Å²) >= 11 is 0. The molecule has 1 aromatic carbocycles. The molecule has 0 unspecified atom stereocenters. The van der Waals surface area contributed by atoms with Crippen molar-refractivity contribution in [1.29, 1.82) is 0 Å². The van der Waals surface area contributed by atoms with Crippen LogP contribution in [0.1, 0.15) is 17.7 Å². The van der Waals surface area contributed by atoms with Gasteiger partial charge < -0.3 is 10.5 Å². The molecular weight excluding hydrogens is 449 g/mol. The summed E-state index contributed by atoms with van der Waals surface area (Å²) in [6.45, 7) is 0.0751. The predicted molar refractivity (Wildman–Crippen MR) is 121 cm³/mol. The number of carbonyl (C=O) groups is 1. The van der Waals surface area contributed by atoms with Crippen molar-refractivity contribution in [2.45, 2.75) is 12.8 Å². The van der Waals surface area contributed by atoms with Gasteiger partial charge in [-0.25, -0.2) is 17.5 Å². The number of benzene rings is 1. The Morgan fingerprint density at radius 2 is 2.06 bits per heavy atom. The number of nitrogens with zero attached hydrogens (tertiary/aromatic N) is 4. The van der Waals surface area contributed by atoms with Crippen molar-refractivity contribution in [2.75, 3.05) is 27.2 Å². The van der Waals surface area contributed by atoms with Crippen LogP contribution in [-0.4, -0.2) is 61.9 Å². The number of aromatic nitrogens is 2. The fourth-order valence-corrected chi connectivity index (χ4v) is 5.88. The monoisotopic (exact) mass is 473 g/mol. The van der Waals surface area contributed by atoms with Gasteiger partial charge in [-0.05, 0) is 54.3 Å². The van der Waals surface area contributed by atoms with Crippen molar-refractivity contribution in [1.82, 2.24) is 14.1 Å². The van der Waals surface area contributed by atoms with E-state index in [9.17, 15) is 17.6 Å². The highest BCUT2D eigenvalue weighted by atomic mass is 32.2. The van der Waals surface area contributed by atoms with Crippen molar-refractivity contribution in [3.8, 4) is 5.69 Å². The fraction of sp³-hybridized carbons (Fsp3) is 0.318. The van der Waals surface area contributed by atoms with E-state index in [0.29, 0.717) is 12.1 Å². The highest BCUT2D eigenvalue weighted by Gasteiger charge is 2.52. The van der Waals surface area contributed by atoms with Crippen LogP contribution >= 0.6 is 0 Å². The van der Waals surface area contributed by atoms with Crippen LogP contribution in [0.5, 0.6) is 0 Å². The molecule has 1 fully saturated rings. The molecule has 33 heavy (non-hydrogen) atoms. The number of piperidine rings is 1. The summed E-state index contributed by atoms with van der Waals surface area (Å²) in [5.74, 6) is -0.869. The number of allylic oxidation sites excluding steroid dienone is 1. The molecule has 1 atom stereocenters. The molecule has 4 rings (SSSR count). The molecule has 1 saturated heterocycles. The van der Waals surface area contributed by atoms with Crippen molar-refractivity contribution in [3.63, 3.8) is 0 Å². The molecule has 0 radical (unpaired) electrons. The van der Waals surface area contributed by atoms with Gasteiger partial charge in [0.25, 0.3) is 0 Å². The zero-order valence-electron chi connectivity index (χ0n) is 18.2. The van der Waals surface area contributed by atoms with Crippen molar-refractivity contribution in [2.24, 2.45) is 16.1 Å². The number of hydrogen-bond acceptors (Lipinski definition) is 7. The lowest BCUT2D eigenvalue weighted by atomic mass is 9.69. The number of carbonyl (C=O) groups excluding carboxylic acids is 1.